The van der Waals surface area contributed by atoms with E-state index in [-0.39, 0.29) is 5.91 Å². The summed E-state index contributed by atoms with van der Waals surface area (Å²) in [6.07, 6.45) is 0. The van der Waals surface area contributed by atoms with Crippen molar-refractivity contribution in [2.45, 2.75) is 32.9 Å². The van der Waals surface area contributed by atoms with Gasteiger partial charge in [0, 0.05) is 31.9 Å². The summed E-state index contributed by atoms with van der Waals surface area (Å²) >= 11 is 0. The molecular weight excluding hydrogens is 322 g/mol. The van der Waals surface area contributed by atoms with Crippen molar-refractivity contribution in [1.82, 2.24) is 5.32 Å². The molecule has 4 heteroatoms. The van der Waals surface area contributed by atoms with Crippen LogP contribution in [-0.2, 0) is 17.9 Å². The number of likely N-dealkylation sites (N-methyl/N-ethyl adjacent to an activating group) is 1. The third kappa shape index (κ3) is 6.19. The standard InChI is InChI=1S/C22H31N3O/c1-17(2)20-10-6-19(7-11-20)15-25(5)16-22(26)23-14-18-8-12-21(13-9-18)24(3)4/h6-13,17H,14-16H2,1-5H3,(H,23,26)/p+1. The van der Waals surface area contributed by atoms with Crippen molar-refractivity contribution < 1.29 is 9.69 Å². The molecule has 0 radical (unpaired) electrons. The monoisotopic (exact) mass is 354 g/mol. The SMILES string of the molecule is CC(C)c1ccc(C[NH+](C)CC(=O)NCc2ccc(N(C)C)cc2)cc1. The van der Waals surface area contributed by atoms with Crippen molar-refractivity contribution in [2.24, 2.45) is 0 Å². The van der Waals surface area contributed by atoms with E-state index in [0.29, 0.717) is 19.0 Å². The highest BCUT2D eigenvalue weighted by molar-refractivity contribution is 5.76. The van der Waals surface area contributed by atoms with Crippen molar-refractivity contribution in [3.63, 3.8) is 0 Å². The molecule has 2 aromatic carbocycles. The summed E-state index contributed by atoms with van der Waals surface area (Å²) in [5, 5.41) is 3.01. The Kier molecular flexibility index (Phi) is 7.22. The number of anilines is 1. The van der Waals surface area contributed by atoms with Gasteiger partial charge in [-0.05, 0) is 29.2 Å². The van der Waals surface area contributed by atoms with Crippen molar-refractivity contribution in [3.05, 3.63) is 65.2 Å². The lowest BCUT2D eigenvalue weighted by Crippen LogP contribution is -3.08. The molecule has 1 amide bonds. The van der Waals surface area contributed by atoms with Crippen LogP contribution in [0.4, 0.5) is 5.69 Å². The molecule has 0 spiro atoms. The molecule has 2 aromatic rings. The van der Waals surface area contributed by atoms with Gasteiger partial charge in [0.1, 0.15) is 6.54 Å². The first-order valence-corrected chi connectivity index (χ1v) is 9.28. The fourth-order valence-corrected chi connectivity index (χ4v) is 2.88. The maximum Gasteiger partial charge on any atom is 0.275 e. The van der Waals surface area contributed by atoms with E-state index in [4.69, 9.17) is 0 Å². The van der Waals surface area contributed by atoms with Gasteiger partial charge in [-0.3, -0.25) is 4.79 Å². The van der Waals surface area contributed by atoms with Crippen molar-refractivity contribution in [1.29, 1.82) is 0 Å². The lowest BCUT2D eigenvalue weighted by Gasteiger charge is -2.15. The zero-order valence-electron chi connectivity index (χ0n) is 16.7. The molecule has 0 aliphatic carbocycles. The molecule has 0 heterocycles. The number of hydrogen-bond acceptors (Lipinski definition) is 2. The summed E-state index contributed by atoms with van der Waals surface area (Å²) < 4.78 is 0. The molecule has 0 fully saturated rings. The van der Waals surface area contributed by atoms with Crippen LogP contribution in [0.1, 0.15) is 36.5 Å². The Morgan fingerprint density at radius 1 is 1.00 bits per heavy atom. The van der Waals surface area contributed by atoms with Gasteiger partial charge in [-0.15, -0.1) is 0 Å². The van der Waals surface area contributed by atoms with E-state index in [9.17, 15) is 4.79 Å². The van der Waals surface area contributed by atoms with Gasteiger partial charge < -0.3 is 15.1 Å². The highest BCUT2D eigenvalue weighted by Crippen LogP contribution is 2.14. The number of rotatable bonds is 8. The highest BCUT2D eigenvalue weighted by atomic mass is 16.2. The minimum absolute atomic E-state index is 0.0815. The summed E-state index contributed by atoms with van der Waals surface area (Å²) in [6.45, 7) is 6.30. The van der Waals surface area contributed by atoms with Gasteiger partial charge in [0.2, 0.25) is 0 Å². The maximum atomic E-state index is 12.2. The van der Waals surface area contributed by atoms with Crippen LogP contribution in [0.5, 0.6) is 0 Å². The molecule has 0 bridgehead atoms. The largest absolute Gasteiger partial charge is 0.378 e. The van der Waals surface area contributed by atoms with Crippen LogP contribution in [0.3, 0.4) is 0 Å². The van der Waals surface area contributed by atoms with Crippen molar-refractivity contribution in [3.8, 4) is 0 Å². The molecule has 0 aliphatic heterocycles. The maximum absolute atomic E-state index is 12.2. The molecule has 26 heavy (non-hydrogen) atoms. The third-order valence-electron chi connectivity index (χ3n) is 4.56. The highest BCUT2D eigenvalue weighted by Gasteiger charge is 2.11. The molecule has 0 saturated heterocycles. The molecule has 0 saturated carbocycles. The Bertz CT molecular complexity index is 690. The molecule has 0 aliphatic rings. The van der Waals surface area contributed by atoms with E-state index >= 15 is 0 Å². The number of quaternary nitrogens is 1. The number of carbonyl (C=O) groups excluding carboxylic acids is 1. The Morgan fingerprint density at radius 2 is 1.58 bits per heavy atom. The fraction of sp³-hybridized carbons (Fsp3) is 0.409. The first-order valence-electron chi connectivity index (χ1n) is 9.28. The average molecular weight is 355 g/mol. The molecule has 4 nitrogen and oxygen atoms in total. The zero-order chi connectivity index (χ0) is 19.1. The van der Waals surface area contributed by atoms with Crippen LogP contribution in [0.2, 0.25) is 0 Å². The van der Waals surface area contributed by atoms with Gasteiger partial charge >= 0.3 is 0 Å². The van der Waals surface area contributed by atoms with Crippen LogP contribution in [0, 0.1) is 0 Å². The molecule has 140 valence electrons. The number of amides is 1. The lowest BCUT2D eigenvalue weighted by atomic mass is 10.0. The molecule has 2 rings (SSSR count). The van der Waals surface area contributed by atoms with Gasteiger partial charge in [-0.1, -0.05) is 50.2 Å². The number of nitrogens with one attached hydrogen (secondary N) is 2. The van der Waals surface area contributed by atoms with Gasteiger partial charge in [0.25, 0.3) is 5.91 Å². The summed E-state index contributed by atoms with van der Waals surface area (Å²) in [5.74, 6) is 0.629. The van der Waals surface area contributed by atoms with Crippen LogP contribution in [0.15, 0.2) is 48.5 Å². The normalized spacial score (nSPS) is 12.1. The second-order valence-corrected chi connectivity index (χ2v) is 7.54. The predicted octanol–water partition coefficient (Wildman–Crippen LogP) is 2.21. The van der Waals surface area contributed by atoms with E-state index in [1.807, 2.05) is 14.1 Å². The topological polar surface area (TPSA) is 36.8 Å². The minimum Gasteiger partial charge on any atom is -0.378 e. The van der Waals surface area contributed by atoms with E-state index in [2.05, 4.69) is 79.6 Å². The number of nitrogens with zero attached hydrogens (tertiary/aromatic N) is 1. The van der Waals surface area contributed by atoms with E-state index in [1.54, 1.807) is 0 Å². The molecule has 1 atom stereocenters. The zero-order valence-corrected chi connectivity index (χ0v) is 16.7. The fourth-order valence-electron chi connectivity index (χ4n) is 2.88. The van der Waals surface area contributed by atoms with E-state index in [0.717, 1.165) is 17.8 Å². The van der Waals surface area contributed by atoms with Gasteiger partial charge in [-0.2, -0.15) is 0 Å². The minimum atomic E-state index is 0.0815. The summed E-state index contributed by atoms with van der Waals surface area (Å²) in [7, 11) is 6.10. The Morgan fingerprint density at radius 3 is 2.12 bits per heavy atom. The summed E-state index contributed by atoms with van der Waals surface area (Å²) in [6, 6.07) is 17.0. The van der Waals surface area contributed by atoms with Crippen molar-refractivity contribution in [2.75, 3.05) is 32.6 Å². The van der Waals surface area contributed by atoms with E-state index in [1.165, 1.54) is 16.0 Å². The molecule has 2 N–H and O–H groups in total. The van der Waals surface area contributed by atoms with Crippen molar-refractivity contribution >= 4 is 11.6 Å². The van der Waals surface area contributed by atoms with Gasteiger partial charge in [0.15, 0.2) is 6.54 Å². The first kappa shape index (κ1) is 20.0. The second kappa shape index (κ2) is 9.39. The molecule has 0 aromatic heterocycles. The second-order valence-electron chi connectivity index (χ2n) is 7.54. The Hall–Kier alpha value is -2.33. The first-order chi connectivity index (χ1) is 12.3. The van der Waals surface area contributed by atoms with Crippen LogP contribution < -0.4 is 15.1 Å². The third-order valence-corrected chi connectivity index (χ3v) is 4.56. The summed E-state index contributed by atoms with van der Waals surface area (Å²) in [4.78, 5) is 15.4. The number of hydrogen-bond donors (Lipinski definition) is 2. The Labute approximate surface area is 157 Å². The molecule has 1 unspecified atom stereocenters. The summed E-state index contributed by atoms with van der Waals surface area (Å²) in [5.41, 5.74) is 4.89. The van der Waals surface area contributed by atoms with Gasteiger partial charge in [0.05, 0.1) is 7.05 Å². The molecular formula is C22H32N3O+. The van der Waals surface area contributed by atoms with Crippen LogP contribution in [-0.4, -0.2) is 33.6 Å². The number of benzene rings is 2. The average Bonchev–Trinajstić information content (AvgIpc) is 2.60. The van der Waals surface area contributed by atoms with Gasteiger partial charge in [-0.25, -0.2) is 0 Å². The number of carbonyl (C=O) groups is 1. The van der Waals surface area contributed by atoms with Crippen LogP contribution >= 0.6 is 0 Å². The lowest BCUT2D eigenvalue weighted by molar-refractivity contribution is -0.885. The van der Waals surface area contributed by atoms with E-state index < -0.39 is 0 Å². The predicted molar refractivity (Wildman–Crippen MR) is 109 cm³/mol. The Balaban J connectivity index is 1.77. The smallest absolute Gasteiger partial charge is 0.275 e. The van der Waals surface area contributed by atoms with Crippen LogP contribution in [0.25, 0.3) is 0 Å². The quantitative estimate of drug-likeness (QED) is 0.763.